The predicted octanol–water partition coefficient (Wildman–Crippen LogP) is -9.88. The number of para-hydroxylation sites is 1. The maximum atomic E-state index is 15.0. The quantitative estimate of drug-likeness (QED) is 0.0127. The highest BCUT2D eigenvalue weighted by Gasteiger charge is 2.37. The average molecular weight is 1690 g/mol. The van der Waals surface area contributed by atoms with Crippen LogP contribution in [0.2, 0.25) is 0 Å². The molecule has 48 nitrogen and oxygen atoms in total. The number of benzene rings is 1. The van der Waals surface area contributed by atoms with E-state index < -0.39 is 192 Å². The van der Waals surface area contributed by atoms with E-state index in [1.807, 2.05) is 0 Å². The number of carboxylic acids is 1. The van der Waals surface area contributed by atoms with Crippen LogP contribution < -0.4 is 148 Å². The highest BCUT2D eigenvalue weighted by molar-refractivity contribution is 7.80. The number of amides is 12. The van der Waals surface area contributed by atoms with E-state index in [0.717, 1.165) is 0 Å². The van der Waals surface area contributed by atoms with Gasteiger partial charge in [-0.25, -0.2) is 4.79 Å². The number of carbonyl (C=O) groups excluding carboxylic acids is 12. The van der Waals surface area contributed by atoms with Crippen molar-refractivity contribution in [1.82, 2.24) is 95.4 Å². The Morgan fingerprint density at radius 1 is 0.364 bits per heavy atom. The van der Waals surface area contributed by atoms with E-state index in [0.29, 0.717) is 42.1 Å². The Bertz CT molecular complexity index is 3690. The highest BCUT2D eigenvalue weighted by atomic mass is 32.1. The minimum absolute atomic E-state index is 0.00899. The second-order valence-electron chi connectivity index (χ2n) is 27.5. The molecule has 0 saturated heterocycles. The van der Waals surface area contributed by atoms with Gasteiger partial charge < -0.3 is 158 Å². The molecule has 11 atom stereocenters. The van der Waals surface area contributed by atoms with Crippen LogP contribution in [0.3, 0.4) is 0 Å². The van der Waals surface area contributed by atoms with Crippen LogP contribution >= 0.6 is 12.6 Å². The molecule has 0 spiro atoms. The summed E-state index contributed by atoms with van der Waals surface area (Å²) in [5, 5.41) is 100. The van der Waals surface area contributed by atoms with E-state index in [2.05, 4.69) is 108 Å². The number of hydrogen-bond acceptors (Lipinski definition) is 23. The number of rotatable bonds is 61. The van der Waals surface area contributed by atoms with Gasteiger partial charge in [-0.3, -0.25) is 90.0 Å². The summed E-state index contributed by atoms with van der Waals surface area (Å²) in [5.74, 6) is -15.7. The smallest absolute Gasteiger partial charge is 0.327 e. The largest absolute Gasteiger partial charge is 0.480 e. The van der Waals surface area contributed by atoms with E-state index in [4.69, 9.17) is 89.8 Å². The van der Waals surface area contributed by atoms with Crippen LogP contribution in [0, 0.1) is 32.5 Å². The molecule has 1 aromatic heterocycles. The second kappa shape index (κ2) is 56.9. The number of thiol groups is 1. The van der Waals surface area contributed by atoms with E-state index in [9.17, 15) is 67.4 Å². The molecular formula is C69H124N34O14S. The molecule has 49 heteroatoms. The van der Waals surface area contributed by atoms with Crippen LogP contribution in [0.5, 0.6) is 0 Å². The molecule has 2 rings (SSSR count). The first-order valence-corrected chi connectivity index (χ1v) is 39.2. The van der Waals surface area contributed by atoms with Gasteiger partial charge in [0, 0.05) is 75.0 Å². The molecule has 45 N–H and O–H groups in total. The predicted molar refractivity (Wildman–Crippen MR) is 443 cm³/mol. The van der Waals surface area contributed by atoms with Crippen LogP contribution in [-0.4, -0.2) is 254 Å². The molecule has 0 fully saturated rings. The molecule has 2 aromatic rings. The van der Waals surface area contributed by atoms with Crippen LogP contribution in [0.4, 0.5) is 0 Å². The van der Waals surface area contributed by atoms with Crippen molar-refractivity contribution in [3.63, 3.8) is 0 Å². The zero-order chi connectivity index (χ0) is 88.2. The van der Waals surface area contributed by atoms with E-state index in [-0.39, 0.29) is 160 Å². The van der Waals surface area contributed by atoms with Crippen LogP contribution in [-0.2, 0) is 68.7 Å². The van der Waals surface area contributed by atoms with Gasteiger partial charge in [-0.05, 0) is 147 Å². The Balaban J connectivity index is 2.76. The number of carboxylic acid groups (broad SMARTS) is 1. The van der Waals surface area contributed by atoms with Crippen molar-refractivity contribution in [3.05, 3.63) is 36.0 Å². The lowest BCUT2D eigenvalue weighted by Gasteiger charge is -2.29. The Labute approximate surface area is 687 Å². The van der Waals surface area contributed by atoms with Gasteiger partial charge >= 0.3 is 5.97 Å². The minimum Gasteiger partial charge on any atom is -0.480 e. The summed E-state index contributed by atoms with van der Waals surface area (Å²) in [6.45, 7) is -0.278. The molecule has 0 aliphatic heterocycles. The Morgan fingerprint density at radius 2 is 0.661 bits per heavy atom. The van der Waals surface area contributed by atoms with E-state index in [1.165, 1.54) is 0 Å². The molecule has 1 heterocycles. The maximum Gasteiger partial charge on any atom is 0.327 e. The summed E-state index contributed by atoms with van der Waals surface area (Å²) >= 11 is 3.96. The maximum absolute atomic E-state index is 15.0. The summed E-state index contributed by atoms with van der Waals surface area (Å²) < 4.78 is 0. The number of fused-ring (bicyclic) bond motifs is 1. The summed E-state index contributed by atoms with van der Waals surface area (Å²) in [7, 11) is 0. The third kappa shape index (κ3) is 42.9. The summed E-state index contributed by atoms with van der Waals surface area (Å²) in [6, 6.07) is -9.47. The number of guanidine groups is 6. The third-order valence-electron chi connectivity index (χ3n) is 17.9. The second-order valence-corrected chi connectivity index (χ2v) is 27.9. The highest BCUT2D eigenvalue weighted by Crippen LogP contribution is 2.20. The number of aromatic nitrogens is 1. The summed E-state index contributed by atoms with van der Waals surface area (Å²) in [5.41, 5.74) is 57.7. The fraction of sp³-hybridized carbons (Fsp3) is 0.609. The molecule has 0 radical (unpaired) electrons. The van der Waals surface area contributed by atoms with Gasteiger partial charge in [0.2, 0.25) is 70.9 Å². The number of H-pyrrole nitrogens is 1. The number of carbonyl (C=O) groups is 13. The number of aliphatic carboxylic acids is 1. The molecule has 0 bridgehead atoms. The van der Waals surface area contributed by atoms with Crippen molar-refractivity contribution in [2.24, 2.45) is 57.3 Å². The number of nitrogens with two attached hydrogens (primary N) is 10. The van der Waals surface area contributed by atoms with Gasteiger partial charge in [0.05, 0.1) is 12.6 Å². The van der Waals surface area contributed by atoms with Crippen molar-refractivity contribution in [2.75, 3.05) is 64.7 Å². The van der Waals surface area contributed by atoms with Gasteiger partial charge in [0.1, 0.15) is 60.4 Å². The first-order valence-electron chi connectivity index (χ1n) is 38.6. The Morgan fingerprint density at radius 3 is 0.966 bits per heavy atom. The number of nitrogens with one attached hydrogen (secondary N) is 24. The fourth-order valence-corrected chi connectivity index (χ4v) is 11.9. The van der Waals surface area contributed by atoms with Gasteiger partial charge in [0.15, 0.2) is 35.8 Å². The standard InChI is InChI=1S/C69H124N34O14S/c70-25-5-3-16-41(95-53(106)39(72)14-7-27-86-64(74)75)55(108)96-42(17-4-6-26-71)56(109)97-43(18-8-28-87-65(76)77)57(110)99-46(21-11-31-90-68(82)83)60(113)102-48(23-24-51(73)104)62(115)101-45(20-10-30-89-67(80)81)59(112)98-44(19-9-29-88-66(78)79)58(111)100-47(22-12-32-91-69(84)85)61(114)103-49(33-37-34-92-40-15-2-1-13-38(37)40)54(107)93-35-52(105)94-50(36-118)63(116)117/h1-2,13,15,34,39,41-50,92,118H,3-12,14,16-33,35-36,70-72H2,(H2,73,104)(H,93,107)(H,94,105)(H,95,106)(H,96,108)(H,97,109)(H,98,112)(H,99,110)(H,100,111)(H,101,115)(H,102,113)(H,103,114)(H,116,117)(H4,74,75,86)(H4,76,77,87)(H4,78,79,88)(H4,80,81,89)(H4,82,83,90)(H4,84,85,91)/t39-,41-,42-,43-,44-,45-,46-,47-,48-,49-,50-/m0/s1. The molecule has 660 valence electrons. The van der Waals surface area contributed by atoms with Crippen molar-refractivity contribution in [3.8, 4) is 0 Å². The van der Waals surface area contributed by atoms with E-state index >= 15 is 0 Å². The monoisotopic (exact) mass is 1680 g/mol. The molecule has 0 saturated carbocycles. The van der Waals surface area contributed by atoms with Crippen LogP contribution in [0.25, 0.3) is 10.9 Å². The summed E-state index contributed by atoms with van der Waals surface area (Å²) in [6.07, 6.45) is 0.935. The molecule has 0 unspecified atom stereocenters. The van der Waals surface area contributed by atoms with Gasteiger partial charge in [-0.2, -0.15) is 12.6 Å². The van der Waals surface area contributed by atoms with Gasteiger partial charge in [-0.15, -0.1) is 0 Å². The zero-order valence-electron chi connectivity index (χ0n) is 66.1. The average Bonchev–Trinajstić information content (AvgIpc) is 1.64. The van der Waals surface area contributed by atoms with Crippen LogP contribution in [0.15, 0.2) is 30.5 Å². The SMILES string of the molecule is N=C(N)NCCC[C@H](NC(=O)[C@H](CCCNC(=N)N)NC(=O)[C@H](CCCNC(=N)N)NC(=O)[C@H](CCC(N)=O)NC(=O)[C@H](CCCNC(=N)N)NC(=O)[C@H](CCCNC(=N)N)NC(=O)[C@H](CCCCN)NC(=O)[C@H](CCCCN)NC(=O)[C@@H](N)CCCNC(=N)N)C(=O)N[C@@H](Cc1c[nH]c2ccccc12)C(=O)NCC(=O)N[C@@H](CS)C(=O)O. The Kier molecular flexibility index (Phi) is 49.1. The molecule has 0 aliphatic carbocycles. The molecular weight excluding hydrogens is 1560 g/mol. The lowest BCUT2D eigenvalue weighted by molar-refractivity contribution is -0.141. The van der Waals surface area contributed by atoms with Gasteiger partial charge in [-0.1, -0.05) is 18.2 Å². The lowest BCUT2D eigenvalue weighted by Crippen LogP contribution is -2.61. The van der Waals surface area contributed by atoms with Crippen molar-refractivity contribution >= 4 is 136 Å². The van der Waals surface area contributed by atoms with Crippen molar-refractivity contribution in [2.45, 2.75) is 201 Å². The first kappa shape index (κ1) is 102. The number of aromatic amines is 1. The first-order chi connectivity index (χ1) is 56.0. The number of unbranched alkanes of at least 4 members (excludes halogenated alkanes) is 2. The molecule has 1 aromatic carbocycles. The zero-order valence-corrected chi connectivity index (χ0v) is 67.0. The van der Waals surface area contributed by atoms with E-state index in [1.54, 1.807) is 30.5 Å². The number of hydrogen-bond donors (Lipinski definition) is 36. The topological polar surface area (TPSA) is 866 Å². The molecule has 12 amide bonds. The fourth-order valence-electron chi connectivity index (χ4n) is 11.7. The van der Waals surface area contributed by atoms with Gasteiger partial charge in [0.25, 0.3) is 0 Å². The normalized spacial score (nSPS) is 13.7. The number of primary amides is 1. The Hall–Kier alpha value is -12.3. The summed E-state index contributed by atoms with van der Waals surface area (Å²) in [4.78, 5) is 186. The van der Waals surface area contributed by atoms with Crippen molar-refractivity contribution in [1.29, 1.82) is 32.5 Å². The minimum atomic E-state index is -1.78. The molecule has 0 aliphatic rings. The third-order valence-corrected chi connectivity index (χ3v) is 18.2. The van der Waals surface area contributed by atoms with Crippen LogP contribution in [0.1, 0.15) is 134 Å². The molecule has 118 heavy (non-hydrogen) atoms. The lowest BCUT2D eigenvalue weighted by atomic mass is 10.0. The van der Waals surface area contributed by atoms with Crippen molar-refractivity contribution < 1.29 is 67.4 Å².